The van der Waals surface area contributed by atoms with Crippen LogP contribution in [0.25, 0.3) is 0 Å². The zero-order chi connectivity index (χ0) is 21.0. The van der Waals surface area contributed by atoms with Gasteiger partial charge in [-0.15, -0.1) is 11.8 Å². The Morgan fingerprint density at radius 3 is 2.97 bits per heavy atom. The molecule has 0 bridgehead atoms. The number of thioether (sulfide) groups is 1. The number of nitrogens with one attached hydrogen (secondary N) is 3. The minimum atomic E-state index is -1.76. The van der Waals surface area contributed by atoms with Gasteiger partial charge in [-0.2, -0.15) is 0 Å². The maximum Gasteiger partial charge on any atom is 0.255 e. The smallest absolute Gasteiger partial charge is 0.255 e. The lowest BCUT2D eigenvalue weighted by molar-refractivity contribution is -0.135. The van der Waals surface area contributed by atoms with Crippen LogP contribution < -0.4 is 16.0 Å². The van der Waals surface area contributed by atoms with Crippen molar-refractivity contribution in [3.63, 3.8) is 0 Å². The quantitative estimate of drug-likeness (QED) is 0.574. The fraction of sp³-hybridized carbons (Fsp3) is 0.556. The van der Waals surface area contributed by atoms with Crippen molar-refractivity contribution in [2.45, 2.75) is 31.1 Å². The van der Waals surface area contributed by atoms with Gasteiger partial charge in [-0.1, -0.05) is 0 Å². The van der Waals surface area contributed by atoms with Crippen LogP contribution in [0.3, 0.4) is 0 Å². The number of nitrogens with zero attached hydrogens (tertiary/aromatic N) is 1. The van der Waals surface area contributed by atoms with E-state index in [9.17, 15) is 19.2 Å². The SMILES string of the molecule is CC(NC(=O)c1ccoc1)C(=O)NCC1(F)CCN(C(=O)[C@@H]2CSCC(=O)N2)C1. The molecule has 9 nitrogen and oxygen atoms in total. The molecular weight excluding hydrogens is 403 g/mol. The molecule has 3 atom stereocenters. The molecule has 11 heteroatoms. The number of amides is 4. The molecular formula is C18H23FN4O5S. The molecule has 2 aliphatic heterocycles. The summed E-state index contributed by atoms with van der Waals surface area (Å²) >= 11 is 1.37. The number of halogens is 1. The van der Waals surface area contributed by atoms with Gasteiger partial charge < -0.3 is 25.3 Å². The van der Waals surface area contributed by atoms with Crippen LogP contribution in [0, 0.1) is 0 Å². The average Bonchev–Trinajstić information content (AvgIpc) is 3.36. The van der Waals surface area contributed by atoms with Crippen LogP contribution >= 0.6 is 11.8 Å². The van der Waals surface area contributed by atoms with E-state index in [2.05, 4.69) is 16.0 Å². The van der Waals surface area contributed by atoms with Crippen molar-refractivity contribution in [3.8, 4) is 0 Å². The molecule has 3 N–H and O–H groups in total. The van der Waals surface area contributed by atoms with Gasteiger partial charge in [-0.05, 0) is 13.0 Å². The molecule has 158 valence electrons. The van der Waals surface area contributed by atoms with E-state index in [0.29, 0.717) is 11.5 Å². The second kappa shape index (κ2) is 8.85. The van der Waals surface area contributed by atoms with Gasteiger partial charge in [0.2, 0.25) is 17.7 Å². The third kappa shape index (κ3) is 5.28. The maximum atomic E-state index is 15.1. The molecule has 0 saturated carbocycles. The Kier molecular flexibility index (Phi) is 6.46. The fourth-order valence-electron chi connectivity index (χ4n) is 3.21. The van der Waals surface area contributed by atoms with Crippen LogP contribution in [0.15, 0.2) is 23.0 Å². The van der Waals surface area contributed by atoms with Gasteiger partial charge in [0.25, 0.3) is 5.91 Å². The van der Waals surface area contributed by atoms with Crippen molar-refractivity contribution >= 4 is 35.4 Å². The summed E-state index contributed by atoms with van der Waals surface area (Å²) in [5, 5.41) is 7.63. The van der Waals surface area contributed by atoms with Crippen molar-refractivity contribution in [2.24, 2.45) is 0 Å². The molecule has 3 rings (SSSR count). The molecule has 4 amide bonds. The predicted molar refractivity (Wildman–Crippen MR) is 103 cm³/mol. The van der Waals surface area contributed by atoms with E-state index in [4.69, 9.17) is 4.42 Å². The van der Waals surface area contributed by atoms with Crippen LogP contribution in [0.2, 0.25) is 0 Å². The summed E-state index contributed by atoms with van der Waals surface area (Å²) in [7, 11) is 0. The Bertz CT molecular complexity index is 789. The van der Waals surface area contributed by atoms with Gasteiger partial charge >= 0.3 is 0 Å². The molecule has 2 unspecified atom stereocenters. The van der Waals surface area contributed by atoms with Crippen molar-refractivity contribution in [1.29, 1.82) is 0 Å². The molecule has 0 radical (unpaired) electrons. The Morgan fingerprint density at radius 2 is 2.28 bits per heavy atom. The molecule has 29 heavy (non-hydrogen) atoms. The summed E-state index contributed by atoms with van der Waals surface area (Å²) in [6, 6.07) is -0.0422. The number of alkyl halides is 1. The number of hydrogen-bond acceptors (Lipinski definition) is 6. The van der Waals surface area contributed by atoms with E-state index < -0.39 is 29.6 Å². The Labute approximate surface area is 171 Å². The first-order valence-electron chi connectivity index (χ1n) is 9.23. The Morgan fingerprint density at radius 1 is 1.48 bits per heavy atom. The van der Waals surface area contributed by atoms with E-state index in [1.54, 1.807) is 0 Å². The summed E-state index contributed by atoms with van der Waals surface area (Å²) in [6.45, 7) is 1.29. The monoisotopic (exact) mass is 426 g/mol. The molecule has 3 heterocycles. The number of furan rings is 1. The van der Waals surface area contributed by atoms with Gasteiger partial charge in [0.15, 0.2) is 0 Å². The first-order valence-corrected chi connectivity index (χ1v) is 10.4. The molecule has 2 aliphatic rings. The highest BCUT2D eigenvalue weighted by atomic mass is 32.2. The lowest BCUT2D eigenvalue weighted by Gasteiger charge is -2.27. The van der Waals surface area contributed by atoms with Gasteiger partial charge in [0.05, 0.1) is 30.7 Å². The summed E-state index contributed by atoms with van der Waals surface area (Å²) in [5.41, 5.74) is -1.48. The van der Waals surface area contributed by atoms with Crippen LogP contribution in [0.5, 0.6) is 0 Å². The van der Waals surface area contributed by atoms with Crippen molar-refractivity contribution in [1.82, 2.24) is 20.9 Å². The van der Waals surface area contributed by atoms with Crippen molar-refractivity contribution < 1.29 is 28.0 Å². The van der Waals surface area contributed by atoms with Crippen LogP contribution in [0.4, 0.5) is 4.39 Å². The van der Waals surface area contributed by atoms with E-state index in [0.717, 1.165) is 0 Å². The standard InChI is InChI=1S/C18H23FN4O5S/c1-11(21-16(26)12-2-5-28-6-12)15(25)20-9-18(19)3-4-23(10-18)17(27)13-7-29-8-14(24)22-13/h2,5-6,11,13H,3-4,7-10H2,1H3,(H,20,25)(H,21,26)(H,22,24)/t11?,13-,18?/m0/s1. The topological polar surface area (TPSA) is 121 Å². The normalized spacial score (nSPS) is 25.2. The minimum Gasteiger partial charge on any atom is -0.472 e. The molecule has 0 aliphatic carbocycles. The highest BCUT2D eigenvalue weighted by Gasteiger charge is 2.42. The van der Waals surface area contributed by atoms with Crippen molar-refractivity contribution in [3.05, 3.63) is 24.2 Å². The predicted octanol–water partition coefficient (Wildman–Crippen LogP) is -0.314. The zero-order valence-corrected chi connectivity index (χ0v) is 16.7. The van der Waals surface area contributed by atoms with E-state index in [1.165, 1.54) is 42.2 Å². The fourth-order valence-corrected chi connectivity index (χ4v) is 4.05. The highest BCUT2D eigenvalue weighted by Crippen LogP contribution is 2.26. The molecule has 2 saturated heterocycles. The number of carbonyl (C=O) groups excluding carboxylic acids is 4. The first kappa shape index (κ1) is 21.2. The summed E-state index contributed by atoms with van der Waals surface area (Å²) in [5.74, 6) is -0.731. The zero-order valence-electron chi connectivity index (χ0n) is 15.9. The Hall–Kier alpha value is -2.56. The highest BCUT2D eigenvalue weighted by molar-refractivity contribution is 8.00. The second-order valence-electron chi connectivity index (χ2n) is 7.22. The van der Waals surface area contributed by atoms with Crippen LogP contribution in [-0.2, 0) is 14.4 Å². The van der Waals surface area contributed by atoms with Gasteiger partial charge in [0, 0.05) is 18.7 Å². The first-order chi connectivity index (χ1) is 13.8. The minimum absolute atomic E-state index is 0.0859. The lowest BCUT2D eigenvalue weighted by Crippen LogP contribution is -2.53. The summed E-state index contributed by atoms with van der Waals surface area (Å²) < 4.78 is 19.9. The van der Waals surface area contributed by atoms with Gasteiger partial charge in [-0.3, -0.25) is 19.2 Å². The van der Waals surface area contributed by atoms with Crippen LogP contribution in [0.1, 0.15) is 23.7 Å². The van der Waals surface area contributed by atoms with Gasteiger partial charge in [-0.25, -0.2) is 4.39 Å². The number of rotatable bonds is 6. The summed E-state index contributed by atoms with van der Waals surface area (Å²) in [6.07, 6.45) is 2.69. The number of hydrogen-bond donors (Lipinski definition) is 3. The second-order valence-corrected chi connectivity index (χ2v) is 8.25. The molecule has 2 fully saturated rings. The third-order valence-corrected chi connectivity index (χ3v) is 5.91. The van der Waals surface area contributed by atoms with Gasteiger partial charge in [0.1, 0.15) is 24.0 Å². The largest absolute Gasteiger partial charge is 0.472 e. The van der Waals surface area contributed by atoms with Crippen molar-refractivity contribution in [2.75, 3.05) is 31.1 Å². The molecule has 1 aromatic heterocycles. The van der Waals surface area contributed by atoms with E-state index >= 15 is 4.39 Å². The van der Waals surface area contributed by atoms with Crippen LogP contribution in [-0.4, -0.2) is 77.4 Å². The maximum absolute atomic E-state index is 15.1. The number of likely N-dealkylation sites (tertiary alicyclic amines) is 1. The summed E-state index contributed by atoms with van der Waals surface area (Å²) in [4.78, 5) is 49.5. The molecule has 0 spiro atoms. The molecule has 0 aromatic carbocycles. The lowest BCUT2D eigenvalue weighted by atomic mass is 10.1. The average molecular weight is 426 g/mol. The third-order valence-electron chi connectivity index (χ3n) is 4.87. The van der Waals surface area contributed by atoms with E-state index in [-0.39, 0.29) is 43.4 Å². The Balaban J connectivity index is 1.46. The van der Waals surface area contributed by atoms with E-state index in [1.807, 2.05) is 0 Å². The molecule has 1 aromatic rings. The number of carbonyl (C=O) groups is 4.